The van der Waals surface area contributed by atoms with Crippen molar-refractivity contribution in [2.24, 2.45) is 21.7 Å². The molecule has 0 spiro atoms. The van der Waals surface area contributed by atoms with Gasteiger partial charge in [-0.25, -0.2) is 0 Å². The molecule has 0 aromatic heterocycles. The first kappa shape index (κ1) is 17.7. The van der Waals surface area contributed by atoms with E-state index in [0.717, 1.165) is 6.54 Å². The van der Waals surface area contributed by atoms with E-state index in [9.17, 15) is 4.79 Å². The first-order chi connectivity index (χ1) is 9.73. The lowest BCUT2D eigenvalue weighted by molar-refractivity contribution is -0.132. The third-order valence-corrected chi connectivity index (χ3v) is 3.85. The maximum absolute atomic E-state index is 12.6. The van der Waals surface area contributed by atoms with Gasteiger partial charge in [0, 0.05) is 26.3 Å². The van der Waals surface area contributed by atoms with Gasteiger partial charge in [-0.3, -0.25) is 4.79 Å². The normalized spacial score (nSPS) is 19.6. The Bertz CT molecular complexity index is 388. The molecule has 1 saturated heterocycles. The van der Waals surface area contributed by atoms with E-state index in [1.54, 1.807) is 0 Å². The quantitative estimate of drug-likeness (QED) is 0.282. The fourth-order valence-corrected chi connectivity index (χ4v) is 2.82. The molecule has 0 aromatic rings. The van der Waals surface area contributed by atoms with E-state index in [0.29, 0.717) is 32.6 Å². The van der Waals surface area contributed by atoms with Crippen molar-refractivity contribution in [3.63, 3.8) is 0 Å². The Labute approximate surface area is 126 Å². The molecule has 1 aliphatic heterocycles. The average molecular weight is 300 g/mol. The van der Waals surface area contributed by atoms with E-state index in [-0.39, 0.29) is 17.2 Å². The highest BCUT2D eigenvalue weighted by Crippen LogP contribution is 2.31. The Morgan fingerprint density at radius 3 is 2.48 bits per heavy atom. The van der Waals surface area contributed by atoms with Gasteiger partial charge in [-0.1, -0.05) is 19.0 Å². The van der Waals surface area contributed by atoms with E-state index >= 15 is 0 Å². The molecule has 0 unspecified atom stereocenters. The number of carbonyl (C=O) groups is 1. The van der Waals surface area contributed by atoms with Gasteiger partial charge in [0.2, 0.25) is 5.91 Å². The molecule has 0 radical (unpaired) electrons. The van der Waals surface area contributed by atoms with Gasteiger partial charge in [0.05, 0.1) is 0 Å². The van der Waals surface area contributed by atoms with Crippen LogP contribution < -0.4 is 11.1 Å². The third-order valence-electron chi connectivity index (χ3n) is 3.85. The van der Waals surface area contributed by atoms with E-state index < -0.39 is 5.41 Å². The molecule has 1 amide bonds. The summed E-state index contributed by atoms with van der Waals surface area (Å²) in [6.07, 6.45) is 0.867. The molecule has 0 bridgehead atoms. The average Bonchev–Trinajstić information content (AvgIpc) is 2.43. The summed E-state index contributed by atoms with van der Waals surface area (Å²) >= 11 is 0. The largest absolute Gasteiger partial charge is 0.409 e. The van der Waals surface area contributed by atoms with Crippen molar-refractivity contribution < 1.29 is 14.7 Å². The molecule has 0 aromatic carbocycles. The van der Waals surface area contributed by atoms with E-state index in [4.69, 9.17) is 15.7 Å². The topological polar surface area (TPSA) is 100 Å². The van der Waals surface area contributed by atoms with Crippen LogP contribution in [0.4, 0.5) is 0 Å². The highest BCUT2D eigenvalue weighted by atomic mass is 16.5. The van der Waals surface area contributed by atoms with Crippen molar-refractivity contribution in [2.75, 3.05) is 40.4 Å². The molecule has 21 heavy (non-hydrogen) atoms. The monoisotopic (exact) mass is 300 g/mol. The lowest BCUT2D eigenvalue weighted by atomic mass is 9.77. The first-order valence-electron chi connectivity index (χ1n) is 7.22. The predicted molar refractivity (Wildman–Crippen MR) is 81.2 cm³/mol. The minimum atomic E-state index is -0.957. The number of nitrogens with two attached hydrogens (primary N) is 1. The van der Waals surface area contributed by atoms with Gasteiger partial charge in [-0.05, 0) is 32.4 Å². The molecule has 1 rings (SSSR count). The second-order valence-corrected chi connectivity index (χ2v) is 6.76. The Kier molecular flexibility index (Phi) is 5.98. The van der Waals surface area contributed by atoms with Gasteiger partial charge >= 0.3 is 0 Å². The highest BCUT2D eigenvalue weighted by molar-refractivity contribution is 6.06. The van der Waals surface area contributed by atoms with Crippen molar-refractivity contribution in [2.45, 2.75) is 26.7 Å². The molecule has 4 N–H and O–H groups in total. The number of rotatable bonds is 6. The van der Waals surface area contributed by atoms with Crippen LogP contribution in [-0.2, 0) is 9.53 Å². The second kappa shape index (κ2) is 7.09. The Balaban J connectivity index is 2.74. The summed E-state index contributed by atoms with van der Waals surface area (Å²) in [5, 5.41) is 15.0. The smallest absolute Gasteiger partial charge is 0.234 e. The molecular weight excluding hydrogens is 272 g/mol. The zero-order chi connectivity index (χ0) is 16.1. The predicted octanol–water partition coefficient (Wildman–Crippen LogP) is 0.234. The number of amidine groups is 1. The molecule has 0 atom stereocenters. The number of oxime groups is 1. The van der Waals surface area contributed by atoms with Crippen LogP contribution in [-0.4, -0.2) is 62.2 Å². The zero-order valence-electron chi connectivity index (χ0n) is 13.5. The van der Waals surface area contributed by atoms with Crippen LogP contribution in [0.25, 0.3) is 0 Å². The number of nitrogens with zero attached hydrogens (tertiary/aromatic N) is 2. The van der Waals surface area contributed by atoms with Gasteiger partial charge in [0.1, 0.15) is 5.41 Å². The van der Waals surface area contributed by atoms with Gasteiger partial charge < -0.3 is 25.9 Å². The fourth-order valence-electron chi connectivity index (χ4n) is 2.82. The standard InChI is InChI=1S/C14H28N4O3/c1-13(2,10-18(3)4)9-16-12(19)14(11(15)17-20)5-7-21-8-6-14/h20H,5-10H2,1-4H3,(H2,15,17)(H,16,19). The molecule has 7 nitrogen and oxygen atoms in total. The van der Waals surface area contributed by atoms with Crippen LogP contribution in [0.15, 0.2) is 5.16 Å². The summed E-state index contributed by atoms with van der Waals surface area (Å²) < 4.78 is 5.29. The SMILES string of the molecule is CN(C)CC(C)(C)CNC(=O)C1(C(N)=NO)CCOCC1. The fraction of sp³-hybridized carbons (Fsp3) is 0.857. The molecule has 122 valence electrons. The molecule has 0 saturated carbocycles. The maximum atomic E-state index is 12.6. The van der Waals surface area contributed by atoms with Crippen molar-refractivity contribution in [3.8, 4) is 0 Å². The van der Waals surface area contributed by atoms with Gasteiger partial charge in [0.15, 0.2) is 5.84 Å². The summed E-state index contributed by atoms with van der Waals surface area (Å²) in [5.41, 5.74) is 4.76. The Morgan fingerprint density at radius 2 is 2.00 bits per heavy atom. The third kappa shape index (κ3) is 4.57. The minimum Gasteiger partial charge on any atom is -0.409 e. The first-order valence-corrected chi connectivity index (χ1v) is 7.22. The van der Waals surface area contributed by atoms with Crippen LogP contribution in [0.5, 0.6) is 0 Å². The van der Waals surface area contributed by atoms with Gasteiger partial charge in [-0.15, -0.1) is 0 Å². The van der Waals surface area contributed by atoms with Crippen LogP contribution >= 0.6 is 0 Å². The van der Waals surface area contributed by atoms with Gasteiger partial charge in [0.25, 0.3) is 0 Å². The molecular formula is C14H28N4O3. The van der Waals surface area contributed by atoms with Crippen molar-refractivity contribution in [3.05, 3.63) is 0 Å². The molecule has 7 heteroatoms. The van der Waals surface area contributed by atoms with E-state index in [2.05, 4.69) is 29.2 Å². The highest BCUT2D eigenvalue weighted by Gasteiger charge is 2.44. The molecule has 1 heterocycles. The van der Waals surface area contributed by atoms with Crippen LogP contribution in [0.2, 0.25) is 0 Å². The number of nitrogens with one attached hydrogen (secondary N) is 1. The van der Waals surface area contributed by atoms with Crippen LogP contribution in [0.1, 0.15) is 26.7 Å². The number of amides is 1. The number of ether oxygens (including phenoxy) is 1. The summed E-state index contributed by atoms with van der Waals surface area (Å²) in [6, 6.07) is 0. The van der Waals surface area contributed by atoms with Crippen molar-refractivity contribution >= 4 is 11.7 Å². The van der Waals surface area contributed by atoms with Crippen LogP contribution in [0, 0.1) is 10.8 Å². The van der Waals surface area contributed by atoms with E-state index in [1.165, 1.54) is 0 Å². The van der Waals surface area contributed by atoms with Crippen molar-refractivity contribution in [1.29, 1.82) is 0 Å². The zero-order valence-corrected chi connectivity index (χ0v) is 13.5. The number of carbonyl (C=O) groups excluding carboxylic acids is 1. The molecule has 1 fully saturated rings. The summed E-state index contributed by atoms with van der Waals surface area (Å²) in [7, 11) is 4.00. The number of hydrogen-bond acceptors (Lipinski definition) is 5. The lowest BCUT2D eigenvalue weighted by Crippen LogP contribution is -2.54. The summed E-state index contributed by atoms with van der Waals surface area (Å²) in [6.45, 7) is 6.44. The van der Waals surface area contributed by atoms with Crippen LogP contribution in [0.3, 0.4) is 0 Å². The van der Waals surface area contributed by atoms with Crippen molar-refractivity contribution in [1.82, 2.24) is 10.2 Å². The maximum Gasteiger partial charge on any atom is 0.234 e. The Morgan fingerprint density at radius 1 is 1.43 bits per heavy atom. The number of hydrogen-bond donors (Lipinski definition) is 3. The van der Waals surface area contributed by atoms with E-state index in [1.807, 2.05) is 14.1 Å². The molecule has 1 aliphatic rings. The summed E-state index contributed by atoms with van der Waals surface area (Å²) in [5.74, 6) is -0.221. The summed E-state index contributed by atoms with van der Waals surface area (Å²) in [4.78, 5) is 14.7. The minimum absolute atomic E-state index is 0.0336. The van der Waals surface area contributed by atoms with Gasteiger partial charge in [-0.2, -0.15) is 0 Å². The lowest BCUT2D eigenvalue weighted by Gasteiger charge is -2.36. The molecule has 0 aliphatic carbocycles. The Hall–Kier alpha value is -1.34. The second-order valence-electron chi connectivity index (χ2n) is 6.76.